The molecule has 0 aliphatic heterocycles. The molecule has 0 aromatic carbocycles. The van der Waals surface area contributed by atoms with Crippen molar-refractivity contribution < 1.29 is 14.4 Å². The van der Waals surface area contributed by atoms with Crippen molar-refractivity contribution in [2.24, 2.45) is 23.2 Å². The predicted octanol–water partition coefficient (Wildman–Crippen LogP) is 5.64. The quantitative estimate of drug-likeness (QED) is 0.337. The first-order chi connectivity index (χ1) is 17.3. The number of amides is 3. The molecule has 6 nitrogen and oxygen atoms in total. The molecule has 0 aromatic heterocycles. The van der Waals surface area contributed by atoms with Gasteiger partial charge in [0.15, 0.2) is 0 Å². The van der Waals surface area contributed by atoms with Crippen LogP contribution in [0.5, 0.6) is 0 Å². The SMILES string of the molecule is CCCC(CCC(=O)NC1CCCCC1C)(C(=O)NC1CCCCC1C)C(=O)NC1CCCCC1C. The second kappa shape index (κ2) is 13.8. The van der Waals surface area contributed by atoms with Crippen LogP contribution in [0.2, 0.25) is 0 Å². The van der Waals surface area contributed by atoms with Crippen LogP contribution >= 0.6 is 0 Å². The van der Waals surface area contributed by atoms with E-state index in [0.717, 1.165) is 64.2 Å². The molecular formula is C30H53N3O3. The summed E-state index contributed by atoms with van der Waals surface area (Å²) in [5.74, 6) is 0.965. The summed E-state index contributed by atoms with van der Waals surface area (Å²) in [4.78, 5) is 41.0. The highest BCUT2D eigenvalue weighted by Crippen LogP contribution is 2.35. The Morgan fingerprint density at radius 2 is 1.00 bits per heavy atom. The molecule has 3 saturated carbocycles. The lowest BCUT2D eigenvalue weighted by Gasteiger charge is -2.38. The van der Waals surface area contributed by atoms with Gasteiger partial charge in [0.1, 0.15) is 5.41 Å². The number of hydrogen-bond acceptors (Lipinski definition) is 3. The number of hydrogen-bond donors (Lipinski definition) is 3. The monoisotopic (exact) mass is 503 g/mol. The van der Waals surface area contributed by atoms with E-state index in [1.807, 2.05) is 6.92 Å². The highest BCUT2D eigenvalue weighted by Gasteiger charge is 2.47. The maximum atomic E-state index is 14.0. The number of nitrogens with one attached hydrogen (secondary N) is 3. The molecule has 3 amide bonds. The predicted molar refractivity (Wildman–Crippen MR) is 145 cm³/mol. The molecule has 3 fully saturated rings. The normalized spacial score (nSPS) is 32.7. The third-order valence-corrected chi connectivity index (χ3v) is 9.64. The van der Waals surface area contributed by atoms with Gasteiger partial charge in [-0.1, -0.05) is 72.6 Å². The van der Waals surface area contributed by atoms with Gasteiger partial charge >= 0.3 is 0 Å². The average molecular weight is 504 g/mol. The zero-order valence-corrected chi connectivity index (χ0v) is 23.5. The molecule has 0 bridgehead atoms. The molecule has 6 unspecified atom stereocenters. The van der Waals surface area contributed by atoms with E-state index in [0.29, 0.717) is 24.2 Å². The molecular weight excluding hydrogens is 450 g/mol. The van der Waals surface area contributed by atoms with Gasteiger partial charge in [-0.15, -0.1) is 0 Å². The molecule has 3 rings (SSSR count). The van der Waals surface area contributed by atoms with Crippen molar-refractivity contribution >= 4 is 17.7 Å². The van der Waals surface area contributed by atoms with Crippen LogP contribution in [0, 0.1) is 23.2 Å². The molecule has 3 aliphatic rings. The Kier molecular flexibility index (Phi) is 11.1. The largest absolute Gasteiger partial charge is 0.353 e. The summed E-state index contributed by atoms with van der Waals surface area (Å²) in [7, 11) is 0. The van der Waals surface area contributed by atoms with E-state index in [1.165, 1.54) is 19.3 Å². The molecule has 3 N–H and O–H groups in total. The van der Waals surface area contributed by atoms with Crippen molar-refractivity contribution in [1.82, 2.24) is 16.0 Å². The van der Waals surface area contributed by atoms with E-state index >= 15 is 0 Å². The third kappa shape index (κ3) is 7.47. The van der Waals surface area contributed by atoms with Gasteiger partial charge in [-0.3, -0.25) is 14.4 Å². The van der Waals surface area contributed by atoms with Gasteiger partial charge < -0.3 is 16.0 Å². The van der Waals surface area contributed by atoms with Crippen molar-refractivity contribution in [1.29, 1.82) is 0 Å². The van der Waals surface area contributed by atoms with Crippen molar-refractivity contribution in [2.75, 3.05) is 0 Å². The zero-order chi connectivity index (χ0) is 26.1. The van der Waals surface area contributed by atoms with Crippen molar-refractivity contribution in [3.05, 3.63) is 0 Å². The lowest BCUT2D eigenvalue weighted by atomic mass is 9.75. The standard InChI is InChI=1S/C30H53N3O3/c1-5-19-30(28(35)32-25-16-10-7-13-22(25)3,29(36)33-26-17-11-8-14-23(26)4)20-18-27(34)31-24-15-9-6-12-21(24)2/h21-26H,5-20H2,1-4H3,(H,31,34)(H,32,35)(H,33,36). The fourth-order valence-corrected chi connectivity index (χ4v) is 6.92. The molecule has 0 spiro atoms. The molecule has 0 radical (unpaired) electrons. The first kappa shape index (κ1) is 29.0. The van der Waals surface area contributed by atoms with Gasteiger partial charge in [0.2, 0.25) is 17.7 Å². The summed E-state index contributed by atoms with van der Waals surface area (Å²) in [6, 6.07) is 0.433. The van der Waals surface area contributed by atoms with Crippen molar-refractivity contribution in [3.63, 3.8) is 0 Å². The molecule has 0 saturated heterocycles. The summed E-state index contributed by atoms with van der Waals surface area (Å²) in [5, 5.41) is 9.84. The Balaban J connectivity index is 1.76. The fraction of sp³-hybridized carbons (Fsp3) is 0.900. The fourth-order valence-electron chi connectivity index (χ4n) is 6.92. The Labute approximate surface area is 219 Å². The topological polar surface area (TPSA) is 87.3 Å². The first-order valence-electron chi connectivity index (χ1n) is 15.2. The first-order valence-corrected chi connectivity index (χ1v) is 15.2. The van der Waals surface area contributed by atoms with Crippen LogP contribution in [0.3, 0.4) is 0 Å². The van der Waals surface area contributed by atoms with Crippen molar-refractivity contribution in [2.45, 2.75) is 149 Å². The number of carbonyl (C=O) groups excluding carboxylic acids is 3. The highest BCUT2D eigenvalue weighted by molar-refractivity contribution is 6.05. The second-order valence-corrected chi connectivity index (χ2v) is 12.5. The van der Waals surface area contributed by atoms with Gasteiger partial charge in [0.25, 0.3) is 0 Å². The zero-order valence-electron chi connectivity index (χ0n) is 23.5. The lowest BCUT2D eigenvalue weighted by molar-refractivity contribution is -0.146. The van der Waals surface area contributed by atoms with E-state index in [9.17, 15) is 14.4 Å². The van der Waals surface area contributed by atoms with E-state index in [1.54, 1.807) is 0 Å². The van der Waals surface area contributed by atoms with Gasteiger partial charge in [-0.05, 0) is 69.1 Å². The molecule has 6 heteroatoms. The summed E-state index contributed by atoms with van der Waals surface area (Å²) >= 11 is 0. The molecule has 36 heavy (non-hydrogen) atoms. The lowest BCUT2D eigenvalue weighted by Crippen LogP contribution is -2.57. The van der Waals surface area contributed by atoms with Gasteiger partial charge in [-0.25, -0.2) is 0 Å². The van der Waals surface area contributed by atoms with Crippen LogP contribution in [0.4, 0.5) is 0 Å². The maximum absolute atomic E-state index is 14.0. The molecule has 6 atom stereocenters. The summed E-state index contributed by atoms with van der Waals surface area (Å²) < 4.78 is 0. The van der Waals surface area contributed by atoms with E-state index in [-0.39, 0.29) is 48.7 Å². The Morgan fingerprint density at radius 1 is 0.611 bits per heavy atom. The van der Waals surface area contributed by atoms with Crippen molar-refractivity contribution in [3.8, 4) is 0 Å². The molecule has 3 aliphatic carbocycles. The van der Waals surface area contributed by atoms with E-state index in [2.05, 4.69) is 36.7 Å². The summed E-state index contributed by atoms with van der Waals surface area (Å²) in [6.07, 6.45) is 15.0. The van der Waals surface area contributed by atoms with Gasteiger partial charge in [0, 0.05) is 24.5 Å². The summed E-state index contributed by atoms with van der Waals surface area (Å²) in [5.41, 5.74) is -1.20. The molecule has 0 heterocycles. The minimum Gasteiger partial charge on any atom is -0.353 e. The van der Waals surface area contributed by atoms with E-state index < -0.39 is 5.41 Å². The Hall–Kier alpha value is -1.59. The minimum absolute atomic E-state index is 0.0214. The van der Waals surface area contributed by atoms with Crippen LogP contribution in [0.15, 0.2) is 0 Å². The van der Waals surface area contributed by atoms with Crippen LogP contribution in [-0.4, -0.2) is 35.8 Å². The average Bonchev–Trinajstić information content (AvgIpc) is 2.86. The number of carbonyl (C=O) groups is 3. The van der Waals surface area contributed by atoms with Gasteiger partial charge in [0.05, 0.1) is 0 Å². The van der Waals surface area contributed by atoms with E-state index in [4.69, 9.17) is 0 Å². The minimum atomic E-state index is -1.20. The van der Waals surface area contributed by atoms with Crippen LogP contribution < -0.4 is 16.0 Å². The molecule has 0 aromatic rings. The highest BCUT2D eigenvalue weighted by atomic mass is 16.2. The van der Waals surface area contributed by atoms with Gasteiger partial charge in [-0.2, -0.15) is 0 Å². The van der Waals surface area contributed by atoms with Crippen LogP contribution in [0.25, 0.3) is 0 Å². The van der Waals surface area contributed by atoms with Crippen LogP contribution in [-0.2, 0) is 14.4 Å². The summed E-state index contributed by atoms with van der Waals surface area (Å²) in [6.45, 7) is 8.65. The Morgan fingerprint density at radius 3 is 1.39 bits per heavy atom. The Bertz CT molecular complexity index is 703. The van der Waals surface area contributed by atoms with Crippen LogP contribution in [0.1, 0.15) is 130 Å². The smallest absolute Gasteiger partial charge is 0.235 e. The number of rotatable bonds is 10. The molecule has 206 valence electrons. The second-order valence-electron chi connectivity index (χ2n) is 12.5. The maximum Gasteiger partial charge on any atom is 0.235 e. The third-order valence-electron chi connectivity index (χ3n) is 9.64.